The summed E-state index contributed by atoms with van der Waals surface area (Å²) in [6.45, 7) is 0. The van der Waals surface area contributed by atoms with Gasteiger partial charge in [-0.3, -0.25) is 0 Å². The fraction of sp³-hybridized carbons (Fsp3) is 0. The first kappa shape index (κ1) is 28.7. The van der Waals surface area contributed by atoms with Gasteiger partial charge in [-0.2, -0.15) is 0 Å². The Hall–Kier alpha value is -7.11. The highest BCUT2D eigenvalue weighted by atomic mass is 16.3. The van der Waals surface area contributed by atoms with Crippen molar-refractivity contribution in [3.05, 3.63) is 164 Å². The molecule has 0 saturated carbocycles. The third-order valence-corrected chi connectivity index (χ3v) is 10.1. The Morgan fingerprint density at radius 2 is 0.923 bits per heavy atom. The van der Waals surface area contributed by atoms with Crippen LogP contribution in [0.25, 0.3) is 111 Å². The smallest absolute Gasteiger partial charge is 0.164 e. The zero-order valence-corrected chi connectivity index (χ0v) is 27.7. The Bertz CT molecular complexity index is 3190. The van der Waals surface area contributed by atoms with Crippen LogP contribution in [0.1, 0.15) is 0 Å². The average Bonchev–Trinajstić information content (AvgIpc) is 3.78. The van der Waals surface area contributed by atoms with Crippen LogP contribution < -0.4 is 0 Å². The zero-order valence-electron chi connectivity index (χ0n) is 27.7. The number of hydrogen-bond donors (Lipinski definition) is 0. The Morgan fingerprint density at radius 3 is 1.79 bits per heavy atom. The molecular formula is C47H27N3O2. The van der Waals surface area contributed by atoms with Gasteiger partial charge in [0.25, 0.3) is 0 Å². The highest BCUT2D eigenvalue weighted by Gasteiger charge is 2.19. The molecule has 52 heavy (non-hydrogen) atoms. The molecule has 0 atom stereocenters. The van der Waals surface area contributed by atoms with Crippen LogP contribution >= 0.6 is 0 Å². The van der Waals surface area contributed by atoms with Gasteiger partial charge < -0.3 is 8.83 Å². The summed E-state index contributed by atoms with van der Waals surface area (Å²) in [5, 5.41) is 8.77. The summed E-state index contributed by atoms with van der Waals surface area (Å²) in [5.74, 6) is 1.76. The molecule has 0 unspecified atom stereocenters. The fourth-order valence-corrected chi connectivity index (χ4v) is 7.58. The van der Waals surface area contributed by atoms with Crippen molar-refractivity contribution >= 4 is 65.4 Å². The molecule has 8 aromatic carbocycles. The topological polar surface area (TPSA) is 65.0 Å². The molecule has 3 aromatic heterocycles. The van der Waals surface area contributed by atoms with Gasteiger partial charge in [-0.25, -0.2) is 15.0 Å². The van der Waals surface area contributed by atoms with Crippen LogP contribution in [0.15, 0.2) is 173 Å². The summed E-state index contributed by atoms with van der Waals surface area (Å²) >= 11 is 0. The SMILES string of the molecule is c1ccc(-c2ccc3c(c2)oc2cccc(-c4nc(-c5ccc6ccc7ccccc7c6c5)nc(-c5ccc6oc7ccccc7c6c5)n4)c23)cc1. The first-order valence-corrected chi connectivity index (χ1v) is 17.3. The number of furan rings is 2. The fourth-order valence-electron chi connectivity index (χ4n) is 7.58. The number of aromatic nitrogens is 3. The highest BCUT2D eigenvalue weighted by molar-refractivity contribution is 6.13. The molecule has 0 saturated heterocycles. The maximum Gasteiger partial charge on any atom is 0.164 e. The summed E-state index contributed by atoms with van der Waals surface area (Å²) in [7, 11) is 0. The van der Waals surface area contributed by atoms with E-state index in [-0.39, 0.29) is 0 Å². The number of para-hydroxylation sites is 1. The molecule has 0 fully saturated rings. The van der Waals surface area contributed by atoms with Crippen molar-refractivity contribution in [2.24, 2.45) is 0 Å². The molecule has 0 aliphatic rings. The van der Waals surface area contributed by atoms with E-state index < -0.39 is 0 Å². The molecule has 11 aromatic rings. The Morgan fingerprint density at radius 1 is 0.308 bits per heavy atom. The molecule has 0 N–H and O–H groups in total. The molecule has 0 bridgehead atoms. The third kappa shape index (κ3) is 4.53. The quantitative estimate of drug-likeness (QED) is 0.175. The van der Waals surface area contributed by atoms with Gasteiger partial charge in [-0.15, -0.1) is 0 Å². The minimum absolute atomic E-state index is 0.579. The van der Waals surface area contributed by atoms with Crippen LogP contribution in [0.3, 0.4) is 0 Å². The van der Waals surface area contributed by atoms with E-state index in [1.54, 1.807) is 0 Å². The van der Waals surface area contributed by atoms with Crippen molar-refractivity contribution in [3.63, 3.8) is 0 Å². The number of hydrogen-bond acceptors (Lipinski definition) is 5. The van der Waals surface area contributed by atoms with E-state index in [2.05, 4.69) is 115 Å². The van der Waals surface area contributed by atoms with Crippen LogP contribution in [0.4, 0.5) is 0 Å². The Balaban J connectivity index is 1.15. The van der Waals surface area contributed by atoms with Gasteiger partial charge in [0.2, 0.25) is 0 Å². The third-order valence-electron chi connectivity index (χ3n) is 10.1. The van der Waals surface area contributed by atoms with E-state index in [9.17, 15) is 0 Å². The Kier molecular flexibility index (Phi) is 6.18. The van der Waals surface area contributed by atoms with Crippen LogP contribution in [0.2, 0.25) is 0 Å². The molecule has 0 aliphatic carbocycles. The predicted octanol–water partition coefficient (Wildman–Crippen LogP) is 12.6. The number of fused-ring (bicyclic) bond motifs is 9. The van der Waals surface area contributed by atoms with Crippen LogP contribution in [-0.4, -0.2) is 15.0 Å². The molecule has 0 aliphatic heterocycles. The summed E-state index contributed by atoms with van der Waals surface area (Å²) in [5.41, 5.74) is 8.20. The minimum atomic E-state index is 0.579. The first-order valence-electron chi connectivity index (χ1n) is 17.3. The van der Waals surface area contributed by atoms with Crippen molar-refractivity contribution in [1.29, 1.82) is 0 Å². The van der Waals surface area contributed by atoms with Gasteiger partial charge in [0, 0.05) is 38.2 Å². The van der Waals surface area contributed by atoms with Crippen molar-refractivity contribution in [3.8, 4) is 45.3 Å². The molecule has 3 heterocycles. The maximum absolute atomic E-state index is 6.49. The molecule has 11 rings (SSSR count). The number of nitrogens with zero attached hydrogens (tertiary/aromatic N) is 3. The van der Waals surface area contributed by atoms with Crippen LogP contribution in [-0.2, 0) is 0 Å². The number of benzene rings is 8. The number of rotatable bonds is 4. The lowest BCUT2D eigenvalue weighted by molar-refractivity contribution is 0.668. The van der Waals surface area contributed by atoms with Crippen molar-refractivity contribution in [2.75, 3.05) is 0 Å². The van der Waals surface area contributed by atoms with Crippen LogP contribution in [0, 0.1) is 0 Å². The van der Waals surface area contributed by atoms with Gasteiger partial charge in [0.05, 0.1) is 0 Å². The second-order valence-electron chi connectivity index (χ2n) is 13.2. The van der Waals surface area contributed by atoms with Gasteiger partial charge in [0.15, 0.2) is 17.5 Å². The lowest BCUT2D eigenvalue weighted by Crippen LogP contribution is -2.00. The first-order chi connectivity index (χ1) is 25.7. The minimum Gasteiger partial charge on any atom is -0.456 e. The lowest BCUT2D eigenvalue weighted by atomic mass is 9.99. The predicted molar refractivity (Wildman–Crippen MR) is 211 cm³/mol. The molecule has 0 radical (unpaired) electrons. The van der Waals surface area contributed by atoms with E-state index >= 15 is 0 Å². The second kappa shape index (κ2) is 11.2. The molecule has 5 nitrogen and oxygen atoms in total. The average molecular weight is 666 g/mol. The molecule has 242 valence electrons. The summed E-state index contributed by atoms with van der Waals surface area (Å²) in [4.78, 5) is 15.6. The van der Waals surface area contributed by atoms with E-state index in [4.69, 9.17) is 23.8 Å². The van der Waals surface area contributed by atoms with Crippen molar-refractivity contribution in [1.82, 2.24) is 15.0 Å². The monoisotopic (exact) mass is 665 g/mol. The van der Waals surface area contributed by atoms with Gasteiger partial charge >= 0.3 is 0 Å². The second-order valence-corrected chi connectivity index (χ2v) is 13.2. The summed E-state index contributed by atoms with van der Waals surface area (Å²) in [6, 6.07) is 56.4. The van der Waals surface area contributed by atoms with Crippen molar-refractivity contribution < 1.29 is 8.83 Å². The zero-order chi connectivity index (χ0) is 34.2. The van der Waals surface area contributed by atoms with E-state index in [1.165, 1.54) is 16.2 Å². The molecule has 0 amide bonds. The highest BCUT2D eigenvalue weighted by Crippen LogP contribution is 2.39. The summed E-state index contributed by atoms with van der Waals surface area (Å²) in [6.07, 6.45) is 0. The van der Waals surface area contributed by atoms with E-state index in [0.29, 0.717) is 17.5 Å². The van der Waals surface area contributed by atoms with Crippen molar-refractivity contribution in [2.45, 2.75) is 0 Å². The summed E-state index contributed by atoms with van der Waals surface area (Å²) < 4.78 is 12.7. The molecule has 5 heteroatoms. The lowest BCUT2D eigenvalue weighted by Gasteiger charge is -2.11. The Labute approximate surface area is 297 Å². The maximum atomic E-state index is 6.49. The van der Waals surface area contributed by atoms with Crippen LogP contribution in [0.5, 0.6) is 0 Å². The normalized spacial score (nSPS) is 11.8. The van der Waals surface area contributed by atoms with E-state index in [1.807, 2.05) is 48.5 Å². The van der Waals surface area contributed by atoms with Gasteiger partial charge in [-0.05, 0) is 81.2 Å². The standard InChI is InChI=1S/C47H27N3O2/c1-2-9-28(10-3-1)31-21-23-36-43(27-31)52-42-16-8-14-37(44(36)42)47-49-45(32-20-19-30-18-17-29-11-4-5-12-34(29)38(30)25-32)48-46(50-47)33-22-24-41-39(26-33)35-13-6-7-15-40(35)51-41/h1-27H. The van der Waals surface area contributed by atoms with E-state index in [0.717, 1.165) is 77.1 Å². The molecular weight excluding hydrogens is 639 g/mol. The molecule has 0 spiro atoms. The largest absolute Gasteiger partial charge is 0.456 e. The van der Waals surface area contributed by atoms with Gasteiger partial charge in [0.1, 0.15) is 22.3 Å². The van der Waals surface area contributed by atoms with Gasteiger partial charge in [-0.1, -0.05) is 115 Å².